The Labute approximate surface area is 157 Å². The van der Waals surface area contributed by atoms with Crippen LogP contribution in [0.25, 0.3) is 6.08 Å². The zero-order valence-electron chi connectivity index (χ0n) is 15.7. The van der Waals surface area contributed by atoms with Crippen LogP contribution in [-0.4, -0.2) is 52.2 Å². The highest BCUT2D eigenvalue weighted by molar-refractivity contribution is 5.45. The lowest BCUT2D eigenvalue weighted by atomic mass is 10.0. The van der Waals surface area contributed by atoms with Gasteiger partial charge in [-0.3, -0.25) is 4.99 Å². The van der Waals surface area contributed by atoms with Crippen molar-refractivity contribution >= 4 is 6.08 Å². The minimum absolute atomic E-state index is 0.306. The fourth-order valence-electron chi connectivity index (χ4n) is 3.00. The van der Waals surface area contributed by atoms with E-state index in [-0.39, 0.29) is 5.82 Å². The van der Waals surface area contributed by atoms with Crippen LogP contribution >= 0.6 is 0 Å². The van der Waals surface area contributed by atoms with Gasteiger partial charge in [0, 0.05) is 37.6 Å². The molecule has 0 bridgehead atoms. The van der Waals surface area contributed by atoms with E-state index in [2.05, 4.69) is 16.1 Å². The van der Waals surface area contributed by atoms with E-state index in [1.54, 1.807) is 20.3 Å². The fraction of sp³-hybridized carbons (Fsp3) is 0.450. The number of nitrogens with zero attached hydrogens (tertiary/aromatic N) is 1. The molecule has 0 spiro atoms. The molecule has 0 amide bonds. The van der Waals surface area contributed by atoms with Crippen molar-refractivity contribution in [1.82, 2.24) is 4.98 Å². The van der Waals surface area contributed by atoms with Crippen molar-refractivity contribution in [2.75, 3.05) is 47.2 Å². The summed E-state index contributed by atoms with van der Waals surface area (Å²) in [6.45, 7) is 2.51. The summed E-state index contributed by atoms with van der Waals surface area (Å²) < 4.78 is 35.9. The largest absolute Gasteiger partial charge is 0.493 e. The van der Waals surface area contributed by atoms with Crippen LogP contribution < -0.4 is 20.2 Å². The first-order valence-corrected chi connectivity index (χ1v) is 8.99. The number of hydrogen-bond donors (Lipinski definition) is 1. The number of rotatable bonds is 10. The standard InChI is InChI=1S/C20H25FN2O4/c1-24-6-7-26-8-9-27-19-12-17(21)14(11-18(19)25-2)10-15-13-23-20-16(15)4-3-5-22-20/h4,11-13H,3,5-10H2,1-2H3,(H,22,23). The average Bonchev–Trinajstić information content (AvgIpc) is 3.09. The van der Waals surface area contributed by atoms with Crippen LogP contribution in [0, 0.1) is 5.82 Å². The highest BCUT2D eigenvalue weighted by Gasteiger charge is 2.14. The Morgan fingerprint density at radius 3 is 2.74 bits per heavy atom. The third-order valence-electron chi connectivity index (χ3n) is 4.36. The van der Waals surface area contributed by atoms with E-state index in [1.165, 1.54) is 6.07 Å². The average molecular weight is 376 g/mol. The van der Waals surface area contributed by atoms with E-state index in [4.69, 9.17) is 18.9 Å². The molecule has 0 radical (unpaired) electrons. The van der Waals surface area contributed by atoms with E-state index in [1.807, 2.05) is 6.20 Å². The molecule has 1 N–H and O–H groups in total. The van der Waals surface area contributed by atoms with Crippen LogP contribution in [0.15, 0.2) is 23.3 Å². The molecule has 3 rings (SSSR count). The van der Waals surface area contributed by atoms with Gasteiger partial charge in [0.05, 0.1) is 26.9 Å². The molecule has 0 aliphatic carbocycles. The van der Waals surface area contributed by atoms with Crippen LogP contribution in [0.4, 0.5) is 4.39 Å². The van der Waals surface area contributed by atoms with E-state index in [0.717, 1.165) is 29.2 Å². The lowest BCUT2D eigenvalue weighted by molar-refractivity contribution is 0.0539. The van der Waals surface area contributed by atoms with Gasteiger partial charge in [0.15, 0.2) is 11.5 Å². The zero-order valence-corrected chi connectivity index (χ0v) is 15.7. The van der Waals surface area contributed by atoms with Gasteiger partial charge in [-0.05, 0) is 23.6 Å². The molecular formula is C20H25FN2O4. The molecule has 0 saturated carbocycles. The summed E-state index contributed by atoms with van der Waals surface area (Å²) in [4.78, 5) is 7.60. The van der Waals surface area contributed by atoms with E-state index >= 15 is 0 Å². The highest BCUT2D eigenvalue weighted by atomic mass is 19.1. The monoisotopic (exact) mass is 376 g/mol. The van der Waals surface area contributed by atoms with Gasteiger partial charge in [0.25, 0.3) is 0 Å². The number of hydrogen-bond acceptors (Lipinski definition) is 5. The number of H-pyrrole nitrogens is 1. The smallest absolute Gasteiger partial charge is 0.164 e. The highest BCUT2D eigenvalue weighted by Crippen LogP contribution is 2.31. The number of benzene rings is 1. The molecule has 27 heavy (non-hydrogen) atoms. The topological polar surface area (TPSA) is 65.1 Å². The Morgan fingerprint density at radius 2 is 1.93 bits per heavy atom. The molecular weight excluding hydrogens is 351 g/mol. The molecule has 146 valence electrons. The molecule has 7 heteroatoms. The van der Waals surface area contributed by atoms with Gasteiger partial charge in [-0.2, -0.15) is 0 Å². The molecule has 0 fully saturated rings. The summed E-state index contributed by atoms with van der Waals surface area (Å²) in [6.07, 6.45) is 5.40. The van der Waals surface area contributed by atoms with Crippen LogP contribution in [0.3, 0.4) is 0 Å². The molecule has 2 heterocycles. The maximum atomic E-state index is 14.6. The zero-order chi connectivity index (χ0) is 19.1. The van der Waals surface area contributed by atoms with Gasteiger partial charge in [-0.25, -0.2) is 4.39 Å². The van der Waals surface area contributed by atoms with Gasteiger partial charge in [-0.15, -0.1) is 0 Å². The summed E-state index contributed by atoms with van der Waals surface area (Å²) in [7, 11) is 3.16. The summed E-state index contributed by atoms with van der Waals surface area (Å²) in [5, 5.41) is 1.06. The van der Waals surface area contributed by atoms with Crippen molar-refractivity contribution in [1.29, 1.82) is 0 Å². The predicted octanol–water partition coefficient (Wildman–Crippen LogP) is 1.60. The third kappa shape index (κ3) is 4.87. The minimum atomic E-state index is -0.325. The van der Waals surface area contributed by atoms with Gasteiger partial charge in [0.2, 0.25) is 0 Å². The van der Waals surface area contributed by atoms with Crippen LogP contribution in [-0.2, 0) is 15.9 Å². The van der Waals surface area contributed by atoms with Crippen molar-refractivity contribution in [3.05, 3.63) is 46.0 Å². The summed E-state index contributed by atoms with van der Waals surface area (Å²) in [6, 6.07) is 3.06. The molecule has 1 aromatic carbocycles. The minimum Gasteiger partial charge on any atom is -0.493 e. The number of halogens is 1. The van der Waals surface area contributed by atoms with Gasteiger partial charge in [-0.1, -0.05) is 6.08 Å². The van der Waals surface area contributed by atoms with Crippen molar-refractivity contribution in [2.24, 2.45) is 4.99 Å². The third-order valence-corrected chi connectivity index (χ3v) is 4.36. The molecule has 1 aliphatic heterocycles. The van der Waals surface area contributed by atoms with Gasteiger partial charge < -0.3 is 23.9 Å². The maximum absolute atomic E-state index is 14.6. The number of ether oxygens (including phenoxy) is 4. The number of methoxy groups -OCH3 is 2. The number of fused-ring (bicyclic) bond motifs is 1. The number of aromatic amines is 1. The van der Waals surface area contributed by atoms with Crippen molar-refractivity contribution in [2.45, 2.75) is 12.8 Å². The Balaban J connectivity index is 1.70. The van der Waals surface area contributed by atoms with E-state index in [9.17, 15) is 4.39 Å². The fourth-order valence-corrected chi connectivity index (χ4v) is 3.00. The van der Waals surface area contributed by atoms with Gasteiger partial charge >= 0.3 is 0 Å². The number of aromatic nitrogens is 1. The second-order valence-electron chi connectivity index (χ2n) is 6.18. The quantitative estimate of drug-likeness (QED) is 0.640. The Morgan fingerprint density at radius 1 is 1.07 bits per heavy atom. The molecule has 1 aliphatic rings. The maximum Gasteiger partial charge on any atom is 0.164 e. The number of nitrogens with one attached hydrogen (secondary N) is 1. The summed E-state index contributed by atoms with van der Waals surface area (Å²) in [5.74, 6) is 0.543. The first-order valence-electron chi connectivity index (χ1n) is 8.99. The Bertz CT molecular complexity index is 879. The molecule has 2 aromatic rings. The lowest BCUT2D eigenvalue weighted by Crippen LogP contribution is -2.28. The first kappa shape index (κ1) is 19.4. The van der Waals surface area contributed by atoms with E-state index in [0.29, 0.717) is 49.9 Å². The first-order chi connectivity index (χ1) is 13.2. The second kappa shape index (κ2) is 9.53. The van der Waals surface area contributed by atoms with Crippen molar-refractivity contribution in [3.63, 3.8) is 0 Å². The molecule has 0 unspecified atom stereocenters. The SMILES string of the molecule is COCCOCCOc1cc(F)c(Cc2c[nH]c3c2=CCCN=3)cc1OC. The Kier molecular flexibility index (Phi) is 6.84. The Hall–Kier alpha value is -2.38. The predicted molar refractivity (Wildman–Crippen MR) is 99.5 cm³/mol. The van der Waals surface area contributed by atoms with Crippen LogP contribution in [0.1, 0.15) is 17.5 Å². The summed E-state index contributed by atoms with van der Waals surface area (Å²) >= 11 is 0. The van der Waals surface area contributed by atoms with Crippen molar-refractivity contribution in [3.8, 4) is 11.5 Å². The molecule has 0 atom stereocenters. The molecule has 1 aromatic heterocycles. The van der Waals surface area contributed by atoms with Gasteiger partial charge in [0.1, 0.15) is 17.9 Å². The molecule has 0 saturated heterocycles. The van der Waals surface area contributed by atoms with Crippen molar-refractivity contribution < 1.29 is 23.3 Å². The molecule has 6 nitrogen and oxygen atoms in total. The van der Waals surface area contributed by atoms with E-state index < -0.39 is 0 Å². The summed E-state index contributed by atoms with van der Waals surface area (Å²) in [5.41, 5.74) is 2.45. The normalized spacial score (nSPS) is 12.9. The second-order valence-corrected chi connectivity index (χ2v) is 6.18. The van der Waals surface area contributed by atoms with Crippen LogP contribution in [0.2, 0.25) is 0 Å². The van der Waals surface area contributed by atoms with Crippen LogP contribution in [0.5, 0.6) is 11.5 Å². The lowest BCUT2D eigenvalue weighted by Gasteiger charge is -2.13.